The summed E-state index contributed by atoms with van der Waals surface area (Å²) in [6, 6.07) is -0.217. The molecule has 2 saturated heterocycles. The highest BCUT2D eigenvalue weighted by Gasteiger charge is 2.41. The molecule has 0 aliphatic carbocycles. The van der Waals surface area contributed by atoms with Gasteiger partial charge in [0.2, 0.25) is 11.7 Å². The number of amides is 2. The molecular formula is C26H39N3O3S. The van der Waals surface area contributed by atoms with E-state index in [4.69, 9.17) is 4.98 Å². The maximum absolute atomic E-state index is 13.2. The lowest BCUT2D eigenvalue weighted by atomic mass is 9.82. The van der Waals surface area contributed by atoms with Crippen LogP contribution in [0.3, 0.4) is 0 Å². The predicted molar refractivity (Wildman–Crippen MR) is 132 cm³/mol. The summed E-state index contributed by atoms with van der Waals surface area (Å²) in [5.74, 6) is -0.695. The van der Waals surface area contributed by atoms with Gasteiger partial charge in [0.15, 0.2) is 0 Å². The molecule has 2 aliphatic rings. The third-order valence-corrected chi connectivity index (χ3v) is 8.81. The largest absolute Gasteiger partial charge is 0.330 e. The van der Waals surface area contributed by atoms with E-state index < -0.39 is 11.3 Å². The van der Waals surface area contributed by atoms with Crippen LogP contribution >= 0.6 is 11.3 Å². The zero-order valence-corrected chi connectivity index (χ0v) is 21.9. The topological polar surface area (TPSA) is 70.6 Å². The van der Waals surface area contributed by atoms with Gasteiger partial charge in [-0.3, -0.25) is 14.4 Å². The highest BCUT2D eigenvalue weighted by molar-refractivity contribution is 7.09. The Morgan fingerprint density at radius 2 is 1.52 bits per heavy atom. The Kier molecular flexibility index (Phi) is 7.52. The van der Waals surface area contributed by atoms with Crippen molar-refractivity contribution in [2.24, 2.45) is 10.8 Å². The fourth-order valence-corrected chi connectivity index (χ4v) is 5.46. The molecule has 1 unspecified atom stereocenters. The number of nitrogens with zero attached hydrogens (tertiary/aromatic N) is 3. The van der Waals surface area contributed by atoms with Crippen LogP contribution in [-0.4, -0.2) is 45.5 Å². The molecule has 0 saturated carbocycles. The summed E-state index contributed by atoms with van der Waals surface area (Å²) in [4.78, 5) is 47.6. The van der Waals surface area contributed by atoms with Crippen molar-refractivity contribution in [3.8, 4) is 0 Å². The average Bonchev–Trinajstić information content (AvgIpc) is 3.55. The number of carbonyl (C=O) groups is 3. The van der Waals surface area contributed by atoms with Crippen molar-refractivity contribution in [1.82, 2.24) is 14.8 Å². The molecule has 33 heavy (non-hydrogen) atoms. The van der Waals surface area contributed by atoms with Crippen molar-refractivity contribution in [1.29, 1.82) is 0 Å². The van der Waals surface area contributed by atoms with Crippen LogP contribution in [0.15, 0.2) is 17.5 Å². The van der Waals surface area contributed by atoms with Crippen molar-refractivity contribution in [3.63, 3.8) is 0 Å². The summed E-state index contributed by atoms with van der Waals surface area (Å²) >= 11 is 1.54. The van der Waals surface area contributed by atoms with Gasteiger partial charge in [0.05, 0.1) is 17.8 Å². The van der Waals surface area contributed by atoms with Crippen LogP contribution in [0.2, 0.25) is 0 Å². The van der Waals surface area contributed by atoms with E-state index in [1.54, 1.807) is 4.90 Å². The molecule has 0 N–H and O–H groups in total. The van der Waals surface area contributed by atoms with Gasteiger partial charge in [-0.15, -0.1) is 11.3 Å². The van der Waals surface area contributed by atoms with E-state index >= 15 is 0 Å². The van der Waals surface area contributed by atoms with E-state index in [9.17, 15) is 14.4 Å². The molecule has 2 amide bonds. The second-order valence-electron chi connectivity index (χ2n) is 10.7. The predicted octanol–water partition coefficient (Wildman–Crippen LogP) is 5.47. The molecule has 6 nitrogen and oxygen atoms in total. The van der Waals surface area contributed by atoms with Crippen LogP contribution in [0.4, 0.5) is 0 Å². The van der Waals surface area contributed by atoms with Crippen molar-refractivity contribution in [2.45, 2.75) is 92.2 Å². The number of Topliss-reactive ketones (excluding diaryl/α,β-unsaturated/α-hetero) is 1. The summed E-state index contributed by atoms with van der Waals surface area (Å²) in [6.07, 6.45) is 4.99. The number of ketones is 1. The van der Waals surface area contributed by atoms with Crippen LogP contribution in [0, 0.1) is 10.8 Å². The lowest BCUT2D eigenvalue weighted by Crippen LogP contribution is -2.42. The second-order valence-corrected chi connectivity index (χ2v) is 11.6. The zero-order chi connectivity index (χ0) is 24.6. The number of likely N-dealkylation sites (tertiary alicyclic amines) is 2. The minimum Gasteiger partial charge on any atom is -0.330 e. The third kappa shape index (κ3) is 4.93. The minimum atomic E-state index is -0.655. The molecule has 3 rings (SSSR count). The first-order valence-corrected chi connectivity index (χ1v) is 13.1. The number of aromatic nitrogens is 1. The standard InChI is InChI=1S/C26H39N3O3S/c1-8-25(4,5)17(3)23(31)28-14-10-12-19(28)18-16-33-22(27-18)20-13-11-15-29(20)24(32)21(30)26(6,7)9-2/h16,19-20H,3,8-15H2,1-2,4-7H3/t19?,20-/m0/s1. The average molecular weight is 474 g/mol. The van der Waals surface area contributed by atoms with Gasteiger partial charge in [-0.25, -0.2) is 4.98 Å². The van der Waals surface area contributed by atoms with Crippen LogP contribution in [0.5, 0.6) is 0 Å². The molecule has 0 radical (unpaired) electrons. The maximum atomic E-state index is 13.2. The van der Waals surface area contributed by atoms with Gasteiger partial charge in [0.1, 0.15) is 5.01 Å². The molecule has 2 atom stereocenters. The zero-order valence-electron chi connectivity index (χ0n) is 21.1. The Balaban J connectivity index is 1.78. The maximum Gasteiger partial charge on any atom is 0.291 e. The van der Waals surface area contributed by atoms with E-state index in [1.807, 2.05) is 31.1 Å². The summed E-state index contributed by atoms with van der Waals surface area (Å²) < 4.78 is 0. The smallest absolute Gasteiger partial charge is 0.291 e. The van der Waals surface area contributed by atoms with E-state index in [0.29, 0.717) is 25.1 Å². The Bertz CT molecular complexity index is 860. The van der Waals surface area contributed by atoms with Crippen LogP contribution in [-0.2, 0) is 14.4 Å². The lowest BCUT2D eigenvalue weighted by molar-refractivity contribution is -0.149. The normalized spacial score (nSPS) is 21.5. The molecule has 182 valence electrons. The van der Waals surface area contributed by atoms with Crippen molar-refractivity contribution in [3.05, 3.63) is 28.2 Å². The fourth-order valence-electron chi connectivity index (χ4n) is 4.45. The van der Waals surface area contributed by atoms with Gasteiger partial charge >= 0.3 is 0 Å². The fraction of sp³-hybridized carbons (Fsp3) is 0.692. The summed E-state index contributed by atoms with van der Waals surface area (Å²) in [5, 5.41) is 2.89. The third-order valence-electron chi connectivity index (χ3n) is 7.85. The first kappa shape index (κ1) is 25.6. The Hall–Kier alpha value is -2.02. The number of carbonyl (C=O) groups excluding carboxylic acids is 3. The van der Waals surface area contributed by atoms with E-state index in [0.717, 1.165) is 42.8 Å². The molecule has 2 fully saturated rings. The van der Waals surface area contributed by atoms with Crippen LogP contribution < -0.4 is 0 Å². The molecule has 1 aromatic heterocycles. The summed E-state index contributed by atoms with van der Waals surface area (Å²) in [7, 11) is 0. The Morgan fingerprint density at radius 3 is 2.09 bits per heavy atom. The molecular weight excluding hydrogens is 434 g/mol. The van der Waals surface area contributed by atoms with E-state index in [-0.39, 0.29) is 29.2 Å². The molecule has 0 aromatic carbocycles. The number of hydrogen-bond donors (Lipinski definition) is 0. The SMILES string of the molecule is C=C(C(=O)N1CCCC1c1csc([C@@H]2CCCN2C(=O)C(=O)C(C)(C)CC)n1)C(C)(C)CC. The molecule has 1 aromatic rings. The first-order chi connectivity index (χ1) is 15.4. The first-order valence-electron chi connectivity index (χ1n) is 12.3. The monoisotopic (exact) mass is 473 g/mol. The summed E-state index contributed by atoms with van der Waals surface area (Å²) in [6.45, 7) is 17.2. The van der Waals surface area contributed by atoms with Gasteiger partial charge in [-0.05, 0) is 43.9 Å². The highest BCUT2D eigenvalue weighted by atomic mass is 32.1. The molecule has 2 aliphatic heterocycles. The van der Waals surface area contributed by atoms with E-state index in [2.05, 4.69) is 27.4 Å². The molecule has 3 heterocycles. The van der Waals surface area contributed by atoms with Crippen molar-refractivity contribution < 1.29 is 14.4 Å². The number of hydrogen-bond acceptors (Lipinski definition) is 5. The Labute approximate surface area is 202 Å². The number of thiazole rings is 1. The van der Waals surface area contributed by atoms with Crippen molar-refractivity contribution >= 4 is 28.9 Å². The summed E-state index contributed by atoms with van der Waals surface area (Å²) in [5.41, 5.74) is 0.651. The Morgan fingerprint density at radius 1 is 0.970 bits per heavy atom. The van der Waals surface area contributed by atoms with Gasteiger partial charge < -0.3 is 9.80 Å². The van der Waals surface area contributed by atoms with Crippen molar-refractivity contribution in [2.75, 3.05) is 13.1 Å². The minimum absolute atomic E-state index is 0.0176. The second kappa shape index (κ2) is 9.69. The van der Waals surface area contributed by atoms with Gasteiger partial charge in [0, 0.05) is 29.5 Å². The molecule has 0 bridgehead atoms. The number of rotatable bonds is 8. The molecule has 7 heteroatoms. The van der Waals surface area contributed by atoms with E-state index in [1.165, 1.54) is 11.3 Å². The quantitative estimate of drug-likeness (QED) is 0.371. The molecule has 0 spiro atoms. The van der Waals surface area contributed by atoms with Crippen LogP contribution in [0.25, 0.3) is 0 Å². The van der Waals surface area contributed by atoms with Gasteiger partial charge in [-0.2, -0.15) is 0 Å². The van der Waals surface area contributed by atoms with Gasteiger partial charge in [0.25, 0.3) is 5.91 Å². The lowest BCUT2D eigenvalue weighted by Gasteiger charge is -2.31. The van der Waals surface area contributed by atoms with Crippen LogP contribution in [0.1, 0.15) is 103 Å². The highest BCUT2D eigenvalue weighted by Crippen LogP contribution is 2.40. The van der Waals surface area contributed by atoms with Gasteiger partial charge in [-0.1, -0.05) is 48.1 Å².